The van der Waals surface area contributed by atoms with E-state index in [1.54, 1.807) is 12.1 Å². The van der Waals surface area contributed by atoms with Crippen LogP contribution in [-0.4, -0.2) is 77.0 Å². The number of likely N-dealkylation sites (tertiary alicyclic amines) is 1. The Bertz CT molecular complexity index is 1190. The first-order valence-electron chi connectivity index (χ1n) is 12.2. The molecule has 1 saturated heterocycles. The zero-order valence-electron chi connectivity index (χ0n) is 20.8. The van der Waals surface area contributed by atoms with Gasteiger partial charge in [0.2, 0.25) is 0 Å². The molecule has 10 heteroatoms. The molecule has 198 valence electrons. The Morgan fingerprint density at radius 2 is 1.97 bits per heavy atom. The first-order valence-corrected chi connectivity index (χ1v) is 14.6. The van der Waals surface area contributed by atoms with Crippen LogP contribution in [0.5, 0.6) is 5.75 Å². The van der Waals surface area contributed by atoms with Crippen molar-refractivity contribution in [1.29, 1.82) is 0 Å². The van der Waals surface area contributed by atoms with Crippen LogP contribution in [0.1, 0.15) is 30.6 Å². The monoisotopic (exact) mass is 558 g/mol. The van der Waals surface area contributed by atoms with Gasteiger partial charge in [0, 0.05) is 35.3 Å². The van der Waals surface area contributed by atoms with Crippen LogP contribution >= 0.6 is 23.2 Å². The molecular formula is C26H33Cl2FN2O4S. The number of hydrogen-bond acceptors (Lipinski definition) is 6. The van der Waals surface area contributed by atoms with Gasteiger partial charge >= 0.3 is 0 Å². The van der Waals surface area contributed by atoms with E-state index in [-0.39, 0.29) is 28.4 Å². The number of ether oxygens (including phenoxy) is 2. The Balaban J connectivity index is 1.48. The van der Waals surface area contributed by atoms with Crippen LogP contribution in [0, 0.1) is 11.7 Å². The number of likely N-dealkylation sites (N-methyl/N-ethyl adjacent to an activating group) is 1. The van der Waals surface area contributed by atoms with E-state index in [1.807, 2.05) is 25.9 Å². The number of hydrogen-bond donors (Lipinski definition) is 0. The van der Waals surface area contributed by atoms with Crippen LogP contribution in [0.4, 0.5) is 4.39 Å². The van der Waals surface area contributed by atoms with Gasteiger partial charge in [0.25, 0.3) is 0 Å². The number of halogens is 3. The normalized spacial score (nSPS) is 22.4. The van der Waals surface area contributed by atoms with Crippen molar-refractivity contribution in [2.24, 2.45) is 5.92 Å². The summed E-state index contributed by atoms with van der Waals surface area (Å²) in [6.07, 6.45) is 0.942. The third kappa shape index (κ3) is 6.17. The van der Waals surface area contributed by atoms with E-state index in [4.69, 9.17) is 32.7 Å². The standard InChI is InChI=1S/C26H33Cl2FN2O4S/c1-4-34-10-9-31-8-7-17(15-31)16-36(32,33)19-5-6-25(23(29)13-19)35-26-21-11-18(27)12-22(28)20(21)14-24(26)30(2)3/h5-6,11-13,17,24,26H,4,7-10,14-16H2,1-3H3/t17-,24-,26-/m0/s1. The van der Waals surface area contributed by atoms with Gasteiger partial charge in [-0.25, -0.2) is 12.8 Å². The number of benzene rings is 2. The predicted molar refractivity (Wildman–Crippen MR) is 141 cm³/mol. The summed E-state index contributed by atoms with van der Waals surface area (Å²) in [5.41, 5.74) is 1.74. The van der Waals surface area contributed by atoms with Gasteiger partial charge in [0.1, 0.15) is 6.10 Å². The van der Waals surface area contributed by atoms with Crippen molar-refractivity contribution in [3.63, 3.8) is 0 Å². The second-order valence-electron chi connectivity index (χ2n) is 9.75. The van der Waals surface area contributed by atoms with E-state index in [1.165, 1.54) is 12.1 Å². The molecule has 1 aliphatic heterocycles. The van der Waals surface area contributed by atoms with Crippen molar-refractivity contribution >= 4 is 33.0 Å². The van der Waals surface area contributed by atoms with E-state index in [2.05, 4.69) is 4.90 Å². The first-order chi connectivity index (χ1) is 17.1. The minimum atomic E-state index is -3.64. The van der Waals surface area contributed by atoms with Crippen molar-refractivity contribution in [2.45, 2.75) is 36.8 Å². The van der Waals surface area contributed by atoms with Gasteiger partial charge < -0.3 is 19.3 Å². The second-order valence-corrected chi connectivity index (χ2v) is 12.6. The third-order valence-electron chi connectivity index (χ3n) is 7.02. The maximum Gasteiger partial charge on any atom is 0.178 e. The quantitative estimate of drug-likeness (QED) is 0.388. The van der Waals surface area contributed by atoms with Gasteiger partial charge in [-0.15, -0.1) is 0 Å². The number of rotatable bonds is 10. The molecule has 0 spiro atoms. The van der Waals surface area contributed by atoms with Crippen LogP contribution in [0.15, 0.2) is 35.2 Å². The van der Waals surface area contributed by atoms with Crippen LogP contribution in [0.3, 0.4) is 0 Å². The lowest BCUT2D eigenvalue weighted by atomic mass is 10.1. The predicted octanol–water partition coefficient (Wildman–Crippen LogP) is 4.87. The fourth-order valence-corrected chi connectivity index (χ4v) is 7.35. The van der Waals surface area contributed by atoms with Gasteiger partial charge in [-0.05, 0) is 82.2 Å². The molecule has 4 rings (SSSR count). The SMILES string of the molecule is CCOCCN1CC[C@H](CS(=O)(=O)c2ccc(O[C@H]3c4cc(Cl)cc(Cl)c4C[C@@H]3N(C)C)c(F)c2)C1. The van der Waals surface area contributed by atoms with Gasteiger partial charge in [-0.3, -0.25) is 0 Å². The summed E-state index contributed by atoms with van der Waals surface area (Å²) in [5.74, 6) is -0.702. The topological polar surface area (TPSA) is 59.1 Å². The van der Waals surface area contributed by atoms with Crippen molar-refractivity contribution in [2.75, 3.05) is 52.7 Å². The van der Waals surface area contributed by atoms with Crippen molar-refractivity contribution in [1.82, 2.24) is 9.80 Å². The molecular weight excluding hydrogens is 526 g/mol. The Morgan fingerprint density at radius 3 is 2.67 bits per heavy atom. The van der Waals surface area contributed by atoms with E-state index in [9.17, 15) is 8.42 Å². The molecule has 0 amide bonds. The number of nitrogens with zero attached hydrogens (tertiary/aromatic N) is 2. The molecule has 3 atom stereocenters. The van der Waals surface area contributed by atoms with Crippen molar-refractivity contribution in [3.05, 3.63) is 57.3 Å². The minimum absolute atomic E-state index is 0.00212. The summed E-state index contributed by atoms with van der Waals surface area (Å²) in [6.45, 7) is 5.60. The Morgan fingerprint density at radius 1 is 1.19 bits per heavy atom. The van der Waals surface area contributed by atoms with Crippen LogP contribution in [-0.2, 0) is 21.0 Å². The lowest BCUT2D eigenvalue weighted by Gasteiger charge is -2.27. The first kappa shape index (κ1) is 27.6. The van der Waals surface area contributed by atoms with E-state index >= 15 is 4.39 Å². The average molecular weight is 560 g/mol. The maximum absolute atomic E-state index is 15.2. The summed E-state index contributed by atoms with van der Waals surface area (Å²) in [5, 5.41) is 1.04. The molecule has 2 aromatic rings. The fourth-order valence-electron chi connectivity index (χ4n) is 5.12. The number of sulfone groups is 1. The highest BCUT2D eigenvalue weighted by Gasteiger charge is 2.38. The lowest BCUT2D eigenvalue weighted by molar-refractivity contribution is 0.107. The second kappa shape index (κ2) is 11.5. The smallest absolute Gasteiger partial charge is 0.178 e. The highest BCUT2D eigenvalue weighted by Crippen LogP contribution is 2.42. The minimum Gasteiger partial charge on any atom is -0.481 e. The largest absolute Gasteiger partial charge is 0.481 e. The summed E-state index contributed by atoms with van der Waals surface area (Å²) in [7, 11) is 0.213. The van der Waals surface area contributed by atoms with Crippen LogP contribution in [0.25, 0.3) is 0 Å². The van der Waals surface area contributed by atoms with Gasteiger partial charge in [0.15, 0.2) is 21.4 Å². The van der Waals surface area contributed by atoms with E-state index in [0.29, 0.717) is 36.2 Å². The molecule has 0 saturated carbocycles. The molecule has 6 nitrogen and oxygen atoms in total. The zero-order valence-corrected chi connectivity index (χ0v) is 23.2. The molecule has 0 radical (unpaired) electrons. The summed E-state index contributed by atoms with van der Waals surface area (Å²) >= 11 is 12.7. The average Bonchev–Trinajstić information content (AvgIpc) is 3.39. The van der Waals surface area contributed by atoms with Gasteiger partial charge in [-0.2, -0.15) is 0 Å². The Kier molecular flexibility index (Phi) is 8.85. The van der Waals surface area contributed by atoms with E-state index < -0.39 is 21.8 Å². The van der Waals surface area contributed by atoms with Crippen molar-refractivity contribution in [3.8, 4) is 5.75 Å². The van der Waals surface area contributed by atoms with E-state index in [0.717, 1.165) is 36.7 Å². The highest BCUT2D eigenvalue weighted by molar-refractivity contribution is 7.91. The van der Waals surface area contributed by atoms with Gasteiger partial charge in [-0.1, -0.05) is 23.2 Å². The van der Waals surface area contributed by atoms with Crippen molar-refractivity contribution < 1.29 is 22.3 Å². The van der Waals surface area contributed by atoms with Gasteiger partial charge in [0.05, 0.1) is 23.3 Å². The molecule has 2 aromatic carbocycles. The Labute approximate surface area is 223 Å². The maximum atomic E-state index is 15.2. The zero-order chi connectivity index (χ0) is 26.0. The summed E-state index contributed by atoms with van der Waals surface area (Å²) in [4.78, 5) is 4.19. The van der Waals surface area contributed by atoms with Crippen LogP contribution in [0.2, 0.25) is 10.0 Å². The molecule has 1 aliphatic carbocycles. The molecule has 0 unspecified atom stereocenters. The molecule has 2 aliphatic rings. The third-order valence-corrected chi connectivity index (χ3v) is 9.46. The van der Waals surface area contributed by atoms with Crippen LogP contribution < -0.4 is 4.74 Å². The molecule has 1 heterocycles. The lowest BCUT2D eigenvalue weighted by Crippen LogP contribution is -2.34. The molecule has 0 N–H and O–H groups in total. The Hall–Kier alpha value is -1.42. The molecule has 0 bridgehead atoms. The summed E-state index contributed by atoms with van der Waals surface area (Å²) in [6, 6.07) is 7.32. The molecule has 36 heavy (non-hydrogen) atoms. The molecule has 0 aromatic heterocycles. The number of fused-ring (bicyclic) bond motifs is 1. The molecule has 1 fully saturated rings. The fraction of sp³-hybridized carbons (Fsp3) is 0.538. The summed E-state index contributed by atoms with van der Waals surface area (Å²) < 4.78 is 52.8. The highest BCUT2D eigenvalue weighted by atomic mass is 35.5.